The Bertz CT molecular complexity index is 1620. The molecule has 1 aliphatic heterocycles. The molecule has 0 spiro atoms. The van der Waals surface area contributed by atoms with E-state index in [1.54, 1.807) is 0 Å². The van der Waals surface area contributed by atoms with E-state index in [0.29, 0.717) is 5.56 Å². The summed E-state index contributed by atoms with van der Waals surface area (Å²) in [6.45, 7) is 11.9. The highest BCUT2D eigenvalue weighted by atomic mass is 16.6. The fourth-order valence-corrected chi connectivity index (χ4v) is 6.99. The smallest absolute Gasteiger partial charge is 0.410 e. The fraction of sp³-hybridized carbons (Fsp3) is 0.514. The summed E-state index contributed by atoms with van der Waals surface area (Å²) in [5.41, 5.74) is 3.37. The Labute approximate surface area is 277 Å². The zero-order valence-corrected chi connectivity index (χ0v) is 28.3. The van der Waals surface area contributed by atoms with E-state index in [1.807, 2.05) is 76.9 Å². The van der Waals surface area contributed by atoms with E-state index in [-0.39, 0.29) is 35.5 Å². The van der Waals surface area contributed by atoms with Crippen LogP contribution in [0.5, 0.6) is 0 Å². The molecule has 3 amide bonds. The van der Waals surface area contributed by atoms with Crippen LogP contribution in [-0.2, 0) is 14.9 Å². The molecule has 0 bridgehead atoms. The van der Waals surface area contributed by atoms with Crippen molar-refractivity contribution in [1.82, 2.24) is 25.5 Å². The molecule has 47 heavy (non-hydrogen) atoms. The molecular formula is C37H47N5O5. The molecular weight excluding hydrogens is 594 g/mol. The summed E-state index contributed by atoms with van der Waals surface area (Å²) in [7, 11) is 0. The molecule has 10 nitrogen and oxygen atoms in total. The van der Waals surface area contributed by atoms with Crippen molar-refractivity contribution >= 4 is 18.1 Å². The number of alkyl carbamates (subject to hydrolysis) is 1. The molecule has 6 rings (SSSR count). The quantitative estimate of drug-likeness (QED) is 0.267. The van der Waals surface area contributed by atoms with Crippen molar-refractivity contribution in [2.75, 3.05) is 6.54 Å². The van der Waals surface area contributed by atoms with Gasteiger partial charge in [0, 0.05) is 24.2 Å². The predicted molar refractivity (Wildman–Crippen MR) is 180 cm³/mol. The van der Waals surface area contributed by atoms with Crippen LogP contribution >= 0.6 is 0 Å². The molecule has 2 aromatic carbocycles. The van der Waals surface area contributed by atoms with Crippen molar-refractivity contribution in [3.8, 4) is 22.4 Å². The molecule has 4 atom stereocenters. The third kappa shape index (κ3) is 7.31. The van der Waals surface area contributed by atoms with Gasteiger partial charge in [0.25, 0.3) is 5.91 Å². The van der Waals surface area contributed by atoms with Gasteiger partial charge < -0.3 is 30.0 Å². The third-order valence-electron chi connectivity index (χ3n) is 9.32. The number of aromatic amines is 1. The largest absolute Gasteiger partial charge is 0.444 e. The molecule has 2 saturated carbocycles. The topological polar surface area (TPSA) is 126 Å². The Morgan fingerprint density at radius 3 is 2.06 bits per heavy atom. The predicted octanol–water partition coefficient (Wildman–Crippen LogP) is 6.96. The van der Waals surface area contributed by atoms with Gasteiger partial charge in [0.15, 0.2) is 0 Å². The van der Waals surface area contributed by atoms with E-state index in [0.717, 1.165) is 73.3 Å². The molecule has 250 valence electrons. The van der Waals surface area contributed by atoms with E-state index in [1.165, 1.54) is 0 Å². The van der Waals surface area contributed by atoms with Crippen LogP contribution in [-0.4, -0.2) is 68.8 Å². The zero-order valence-electron chi connectivity index (χ0n) is 28.3. The van der Waals surface area contributed by atoms with Crippen LogP contribution in [0.4, 0.5) is 9.59 Å². The highest BCUT2D eigenvalue weighted by Gasteiger charge is 2.63. The number of likely N-dealkylation sites (tertiary alicyclic amines) is 1. The Balaban J connectivity index is 1.06. The second-order valence-corrected chi connectivity index (χ2v) is 15.2. The Morgan fingerprint density at radius 1 is 0.830 bits per heavy atom. The van der Waals surface area contributed by atoms with Gasteiger partial charge >= 0.3 is 12.2 Å². The van der Waals surface area contributed by atoms with Crippen molar-refractivity contribution in [2.45, 2.75) is 115 Å². The van der Waals surface area contributed by atoms with E-state index in [4.69, 9.17) is 14.5 Å². The maximum absolute atomic E-state index is 13.1. The van der Waals surface area contributed by atoms with Crippen LogP contribution in [0.3, 0.4) is 0 Å². The second-order valence-electron chi connectivity index (χ2n) is 15.2. The van der Waals surface area contributed by atoms with Gasteiger partial charge in [0.2, 0.25) is 0 Å². The van der Waals surface area contributed by atoms with Gasteiger partial charge in [0.1, 0.15) is 17.0 Å². The Morgan fingerprint density at radius 2 is 1.43 bits per heavy atom. The number of benzene rings is 2. The first-order valence-electron chi connectivity index (χ1n) is 16.8. The lowest BCUT2D eigenvalue weighted by Gasteiger charge is -2.33. The first kappa shape index (κ1) is 32.6. The van der Waals surface area contributed by atoms with Crippen LogP contribution in [0.2, 0.25) is 0 Å². The van der Waals surface area contributed by atoms with Crippen LogP contribution in [0, 0.1) is 0 Å². The molecule has 0 radical (unpaired) electrons. The van der Waals surface area contributed by atoms with E-state index in [9.17, 15) is 14.4 Å². The fourth-order valence-electron chi connectivity index (χ4n) is 6.99. The van der Waals surface area contributed by atoms with Crippen molar-refractivity contribution in [2.24, 2.45) is 0 Å². The minimum Gasteiger partial charge on any atom is -0.444 e. The standard InChI is InChI=1S/C37H47N5O5/c1-35(2,3)46-33(44)41-28-10-7-9-27(28)39-31(43)26-17-13-24(14-18-26)23-11-15-25(16-12-23)29-22-38-32(40-29)37-19-8-20-42(30(37)21-37)34(45)47-36(4,5)6/h11-18,22,27-28,30H,7-10,19-21H2,1-6H3,(H,38,40)(H,39,43)(H,41,44)/t27-,28-,30?,37-/m1/s1. The number of piperidine rings is 1. The average Bonchev–Trinajstić information content (AvgIpc) is 3.30. The summed E-state index contributed by atoms with van der Waals surface area (Å²) in [5, 5.41) is 6.02. The number of carbonyl (C=O) groups is 3. The molecule has 1 unspecified atom stereocenters. The van der Waals surface area contributed by atoms with Gasteiger partial charge in [-0.1, -0.05) is 36.4 Å². The van der Waals surface area contributed by atoms with Gasteiger partial charge in [-0.05, 0) is 109 Å². The number of hydrogen-bond donors (Lipinski definition) is 3. The van der Waals surface area contributed by atoms with Crippen LogP contribution in [0.15, 0.2) is 54.7 Å². The molecule has 2 aliphatic carbocycles. The van der Waals surface area contributed by atoms with Gasteiger partial charge in [0.05, 0.1) is 23.3 Å². The maximum Gasteiger partial charge on any atom is 0.410 e. The number of hydrogen-bond acceptors (Lipinski definition) is 6. The summed E-state index contributed by atoms with van der Waals surface area (Å²) >= 11 is 0. The number of imidazole rings is 1. The van der Waals surface area contributed by atoms with E-state index >= 15 is 0 Å². The highest BCUT2D eigenvalue weighted by molar-refractivity contribution is 5.95. The highest BCUT2D eigenvalue weighted by Crippen LogP contribution is 2.56. The summed E-state index contributed by atoms with van der Waals surface area (Å²) < 4.78 is 11.1. The molecule has 1 aromatic heterocycles. The number of nitrogens with zero attached hydrogens (tertiary/aromatic N) is 2. The lowest BCUT2D eigenvalue weighted by molar-refractivity contribution is 0.0180. The zero-order chi connectivity index (χ0) is 33.6. The molecule has 3 aliphatic rings. The monoisotopic (exact) mass is 641 g/mol. The minimum atomic E-state index is -0.574. The molecule has 10 heteroatoms. The maximum atomic E-state index is 13.1. The van der Waals surface area contributed by atoms with Gasteiger partial charge in [-0.2, -0.15) is 0 Å². The second kappa shape index (κ2) is 12.4. The van der Waals surface area contributed by atoms with Crippen molar-refractivity contribution in [3.63, 3.8) is 0 Å². The molecule has 3 fully saturated rings. The Hall–Kier alpha value is -4.34. The number of fused-ring (bicyclic) bond motifs is 1. The van der Waals surface area contributed by atoms with Crippen molar-refractivity contribution in [3.05, 3.63) is 66.1 Å². The van der Waals surface area contributed by atoms with E-state index in [2.05, 4.69) is 39.9 Å². The van der Waals surface area contributed by atoms with Gasteiger partial charge in [-0.15, -0.1) is 0 Å². The van der Waals surface area contributed by atoms with Crippen LogP contribution < -0.4 is 10.6 Å². The van der Waals surface area contributed by atoms with Crippen LogP contribution in [0.25, 0.3) is 22.4 Å². The first-order chi connectivity index (χ1) is 22.2. The third-order valence-corrected chi connectivity index (χ3v) is 9.32. The van der Waals surface area contributed by atoms with E-state index < -0.39 is 17.3 Å². The van der Waals surface area contributed by atoms with Crippen molar-refractivity contribution in [1.29, 1.82) is 0 Å². The number of nitrogens with one attached hydrogen (secondary N) is 3. The molecule has 1 saturated heterocycles. The summed E-state index contributed by atoms with van der Waals surface area (Å²) in [4.78, 5) is 48.4. The van der Waals surface area contributed by atoms with Crippen molar-refractivity contribution < 1.29 is 23.9 Å². The lowest BCUT2D eigenvalue weighted by Crippen LogP contribution is -2.49. The minimum absolute atomic E-state index is 0.117. The number of ether oxygens (including phenoxy) is 2. The summed E-state index contributed by atoms with van der Waals surface area (Å²) in [5.74, 6) is 0.780. The number of amides is 3. The Kier molecular flexibility index (Phi) is 8.57. The number of H-pyrrole nitrogens is 1. The first-order valence-corrected chi connectivity index (χ1v) is 16.8. The normalized spacial score (nSPS) is 23.9. The molecule has 2 heterocycles. The number of rotatable bonds is 6. The average molecular weight is 642 g/mol. The molecule has 3 N–H and O–H groups in total. The lowest BCUT2D eigenvalue weighted by atomic mass is 9.95. The summed E-state index contributed by atoms with van der Waals surface area (Å²) in [6.07, 6.45) is 6.54. The van der Waals surface area contributed by atoms with Gasteiger partial charge in [-0.25, -0.2) is 14.6 Å². The van der Waals surface area contributed by atoms with Gasteiger partial charge in [-0.3, -0.25) is 4.79 Å². The number of carbonyl (C=O) groups excluding carboxylic acids is 3. The van der Waals surface area contributed by atoms with Crippen LogP contribution in [0.1, 0.15) is 96.2 Å². The SMILES string of the molecule is CC(C)(C)OC(=O)N[C@@H]1CCC[C@H]1NC(=O)c1ccc(-c2ccc(-c3cnc([C@@]45CCCN(C(=O)OC(C)(C)C)C4C5)[nH]3)cc2)cc1. The molecule has 3 aromatic rings. The number of aromatic nitrogens is 2. The summed E-state index contributed by atoms with van der Waals surface area (Å²) in [6, 6.07) is 15.7.